The van der Waals surface area contributed by atoms with Crippen LogP contribution in [0, 0.1) is 0 Å². The molecule has 29 heavy (non-hydrogen) atoms. The first-order chi connectivity index (χ1) is 13.9. The minimum absolute atomic E-state index is 0.137. The molecule has 0 heterocycles. The number of hydrogen-bond donors (Lipinski definition) is 2. The number of unbranched alkanes of at least 4 members (excludes halogenated alkanes) is 3. The normalized spacial score (nSPS) is 22.3. The van der Waals surface area contributed by atoms with Crippen molar-refractivity contribution in [3.63, 3.8) is 0 Å². The predicted molar refractivity (Wildman–Crippen MR) is 123 cm³/mol. The number of hydrogen-bond acceptors (Lipinski definition) is 2. The van der Waals surface area contributed by atoms with Crippen LogP contribution in [0.15, 0.2) is 36.4 Å². The molecule has 5 heteroatoms. The van der Waals surface area contributed by atoms with E-state index in [-0.39, 0.29) is 23.3 Å². The van der Waals surface area contributed by atoms with Crippen LogP contribution in [0.3, 0.4) is 0 Å². The molecule has 4 atom stereocenters. The van der Waals surface area contributed by atoms with Gasteiger partial charge in [-0.3, -0.25) is 4.79 Å². The third-order valence-electron chi connectivity index (χ3n) is 5.25. The van der Waals surface area contributed by atoms with Crippen molar-refractivity contribution in [1.82, 2.24) is 0 Å². The average Bonchev–Trinajstić information content (AvgIpc) is 3.04. The van der Waals surface area contributed by atoms with E-state index in [1.807, 2.05) is 31.2 Å². The van der Waals surface area contributed by atoms with E-state index in [2.05, 4.69) is 19.1 Å². The van der Waals surface area contributed by atoms with E-state index < -0.39 is 5.97 Å². The van der Waals surface area contributed by atoms with Gasteiger partial charge in [0.05, 0.1) is 6.10 Å². The molecule has 1 unspecified atom stereocenters. The van der Waals surface area contributed by atoms with Crippen molar-refractivity contribution in [3.05, 3.63) is 47.5 Å². The molecular weight excluding hydrogens is 407 g/mol. The van der Waals surface area contributed by atoms with Gasteiger partial charge in [-0.25, -0.2) is 0 Å². The molecule has 0 radical (unpaired) electrons. The number of carbonyl (C=O) groups is 1. The van der Waals surface area contributed by atoms with Gasteiger partial charge >= 0.3 is 5.97 Å². The summed E-state index contributed by atoms with van der Waals surface area (Å²) in [6.45, 7) is 4.11. The van der Waals surface area contributed by atoms with E-state index in [1.54, 1.807) is 0 Å². The smallest absolute Gasteiger partial charge is 0.303 e. The monoisotopic (exact) mass is 442 g/mol. The van der Waals surface area contributed by atoms with Crippen molar-refractivity contribution in [2.45, 2.75) is 94.4 Å². The zero-order valence-electron chi connectivity index (χ0n) is 17.7. The van der Waals surface area contributed by atoms with Gasteiger partial charge < -0.3 is 10.2 Å². The number of benzene rings is 1. The van der Waals surface area contributed by atoms with Gasteiger partial charge in [0.25, 0.3) is 0 Å². The number of carboxylic acids is 1. The zero-order chi connectivity index (χ0) is 21.6. The van der Waals surface area contributed by atoms with Crippen LogP contribution in [-0.2, 0) is 4.79 Å². The zero-order valence-corrected chi connectivity index (χ0v) is 19.2. The average molecular weight is 443 g/mol. The highest BCUT2D eigenvalue weighted by Gasteiger charge is 2.32. The third-order valence-corrected chi connectivity index (χ3v) is 6.09. The molecule has 0 aromatic heterocycles. The fourth-order valence-corrected chi connectivity index (χ4v) is 4.47. The van der Waals surface area contributed by atoms with Gasteiger partial charge in [0.2, 0.25) is 0 Å². The van der Waals surface area contributed by atoms with Gasteiger partial charge in [-0.1, -0.05) is 62.6 Å². The van der Waals surface area contributed by atoms with Crippen molar-refractivity contribution >= 4 is 29.2 Å². The summed E-state index contributed by atoms with van der Waals surface area (Å²) < 4.78 is 0. The SMILES string of the molecule is C/C=C\CCCC(=O)O.CCCCCC(O)c1ccc([C@@H]2C[C@H](Cl)C[C@@H]2Cl)cc1. The molecule has 3 nitrogen and oxygen atoms in total. The van der Waals surface area contributed by atoms with Gasteiger partial charge in [0.15, 0.2) is 0 Å². The lowest BCUT2D eigenvalue weighted by molar-refractivity contribution is -0.137. The minimum atomic E-state index is -0.709. The first-order valence-corrected chi connectivity index (χ1v) is 11.6. The molecule has 0 aliphatic heterocycles. The van der Waals surface area contributed by atoms with Gasteiger partial charge in [0, 0.05) is 23.1 Å². The quantitative estimate of drug-likeness (QED) is 0.228. The third kappa shape index (κ3) is 10.5. The molecule has 1 aliphatic carbocycles. The lowest BCUT2D eigenvalue weighted by atomic mass is 9.94. The number of aliphatic carboxylic acids is 1. The van der Waals surface area contributed by atoms with Crippen LogP contribution in [0.4, 0.5) is 0 Å². The summed E-state index contributed by atoms with van der Waals surface area (Å²) in [7, 11) is 0. The van der Waals surface area contributed by atoms with Crippen molar-refractivity contribution in [1.29, 1.82) is 0 Å². The van der Waals surface area contributed by atoms with E-state index >= 15 is 0 Å². The highest BCUT2D eigenvalue weighted by atomic mass is 35.5. The Balaban J connectivity index is 0.000000396. The Kier molecular flexibility index (Phi) is 13.3. The summed E-state index contributed by atoms with van der Waals surface area (Å²) in [6.07, 6.45) is 11.6. The van der Waals surface area contributed by atoms with E-state index in [4.69, 9.17) is 28.3 Å². The molecule has 2 N–H and O–H groups in total. The Bertz CT molecular complexity index is 601. The topological polar surface area (TPSA) is 57.5 Å². The minimum Gasteiger partial charge on any atom is -0.481 e. The van der Waals surface area contributed by atoms with Gasteiger partial charge in [0.1, 0.15) is 0 Å². The molecule has 1 aromatic carbocycles. The van der Waals surface area contributed by atoms with Crippen LogP contribution >= 0.6 is 23.2 Å². The summed E-state index contributed by atoms with van der Waals surface area (Å²) >= 11 is 12.5. The van der Waals surface area contributed by atoms with Crippen LogP contribution in [0.1, 0.15) is 94.8 Å². The number of aliphatic hydroxyl groups is 1. The lowest BCUT2D eigenvalue weighted by Gasteiger charge is -2.16. The molecule has 1 saturated carbocycles. The summed E-state index contributed by atoms with van der Waals surface area (Å²) in [6, 6.07) is 8.29. The Hall–Kier alpha value is -1.03. The number of allylic oxidation sites excluding steroid dienone is 2. The molecule has 164 valence electrons. The second kappa shape index (κ2) is 14.9. The Labute approximate surface area is 186 Å². The number of halogens is 2. The summed E-state index contributed by atoms with van der Waals surface area (Å²) in [4.78, 5) is 9.94. The van der Waals surface area contributed by atoms with Crippen molar-refractivity contribution < 1.29 is 15.0 Å². The highest BCUT2D eigenvalue weighted by Crippen LogP contribution is 2.40. The second-order valence-corrected chi connectivity index (χ2v) is 8.90. The van der Waals surface area contributed by atoms with Crippen LogP contribution in [0.25, 0.3) is 0 Å². The first-order valence-electron chi connectivity index (χ1n) is 10.8. The van der Waals surface area contributed by atoms with Crippen LogP contribution in [-0.4, -0.2) is 26.9 Å². The molecule has 2 rings (SSSR count). The Morgan fingerprint density at radius 1 is 1.17 bits per heavy atom. The number of aliphatic hydroxyl groups excluding tert-OH is 1. The number of alkyl halides is 2. The van der Waals surface area contributed by atoms with Crippen LogP contribution in [0.5, 0.6) is 0 Å². The summed E-state index contributed by atoms with van der Waals surface area (Å²) in [5.41, 5.74) is 2.26. The fourth-order valence-electron chi connectivity index (χ4n) is 3.53. The van der Waals surface area contributed by atoms with E-state index in [0.29, 0.717) is 5.92 Å². The molecule has 0 saturated heterocycles. The second-order valence-electron chi connectivity index (χ2n) is 7.72. The maximum Gasteiger partial charge on any atom is 0.303 e. The number of rotatable bonds is 10. The fraction of sp³-hybridized carbons (Fsp3) is 0.625. The van der Waals surface area contributed by atoms with Crippen molar-refractivity contribution in [2.75, 3.05) is 0 Å². The maximum absolute atomic E-state index is 10.2. The Morgan fingerprint density at radius 2 is 1.86 bits per heavy atom. The van der Waals surface area contributed by atoms with Gasteiger partial charge in [-0.15, -0.1) is 23.2 Å². The predicted octanol–water partition coefficient (Wildman–Crippen LogP) is 7.21. The maximum atomic E-state index is 10.2. The number of carboxylic acid groups (broad SMARTS) is 1. The van der Waals surface area contributed by atoms with E-state index in [1.165, 1.54) is 18.4 Å². The molecule has 0 bridgehead atoms. The molecule has 0 spiro atoms. The van der Waals surface area contributed by atoms with E-state index in [0.717, 1.165) is 44.1 Å². The molecular formula is C24H36Cl2O3. The molecule has 0 amide bonds. The summed E-state index contributed by atoms with van der Waals surface area (Å²) in [5.74, 6) is -0.357. The summed E-state index contributed by atoms with van der Waals surface area (Å²) in [5, 5.41) is 18.7. The largest absolute Gasteiger partial charge is 0.481 e. The van der Waals surface area contributed by atoms with Crippen LogP contribution in [0.2, 0.25) is 0 Å². The Morgan fingerprint density at radius 3 is 2.38 bits per heavy atom. The van der Waals surface area contributed by atoms with Crippen molar-refractivity contribution in [2.24, 2.45) is 0 Å². The van der Waals surface area contributed by atoms with E-state index in [9.17, 15) is 9.90 Å². The lowest BCUT2D eigenvalue weighted by Crippen LogP contribution is -2.05. The first kappa shape index (κ1) is 26.0. The highest BCUT2D eigenvalue weighted by molar-refractivity contribution is 6.25. The van der Waals surface area contributed by atoms with Gasteiger partial charge in [-0.2, -0.15) is 0 Å². The van der Waals surface area contributed by atoms with Gasteiger partial charge in [-0.05, 0) is 50.2 Å². The van der Waals surface area contributed by atoms with Crippen molar-refractivity contribution in [3.8, 4) is 0 Å². The molecule has 1 aliphatic rings. The molecule has 1 fully saturated rings. The molecule has 1 aromatic rings. The standard InChI is InChI=1S/C17H24Cl2O.C7H12O2/c1-2-3-4-5-17(20)13-8-6-12(7-9-13)15-10-14(18)11-16(15)19;1-2-3-4-5-6-7(8)9/h6-9,14-17,20H,2-5,10-11H2,1H3;2-3H,4-6H2,1H3,(H,8,9)/b;3-2-/t14-,15-,16-,17?;/m0./s1. The van der Waals surface area contributed by atoms with Crippen LogP contribution < -0.4 is 0 Å².